The van der Waals surface area contributed by atoms with Crippen molar-refractivity contribution in [1.29, 1.82) is 0 Å². The van der Waals surface area contributed by atoms with Crippen molar-refractivity contribution in [2.75, 3.05) is 6.61 Å². The van der Waals surface area contributed by atoms with Crippen LogP contribution in [0.15, 0.2) is 87.5 Å². The lowest BCUT2D eigenvalue weighted by Crippen LogP contribution is -2.32. The van der Waals surface area contributed by atoms with Crippen LogP contribution in [0.5, 0.6) is 5.75 Å². The van der Waals surface area contributed by atoms with E-state index in [2.05, 4.69) is 0 Å². The first-order chi connectivity index (χ1) is 13.1. The molecule has 5 nitrogen and oxygen atoms in total. The van der Waals surface area contributed by atoms with E-state index in [1.54, 1.807) is 36.5 Å². The summed E-state index contributed by atoms with van der Waals surface area (Å²) in [5, 5.41) is 10.7. The Labute approximate surface area is 160 Å². The van der Waals surface area contributed by atoms with Crippen LogP contribution in [-0.4, -0.2) is 26.9 Å². The number of pyridine rings is 1. The van der Waals surface area contributed by atoms with Gasteiger partial charge in [-0.15, -0.1) is 0 Å². The molecule has 0 amide bonds. The highest BCUT2D eigenvalue weighted by molar-refractivity contribution is 7.91. The molecule has 27 heavy (non-hydrogen) atoms. The summed E-state index contributed by atoms with van der Waals surface area (Å²) in [5.74, 6) is 0.598. The molecule has 1 unspecified atom stereocenters. The van der Waals surface area contributed by atoms with Crippen LogP contribution in [0.3, 0.4) is 0 Å². The van der Waals surface area contributed by atoms with E-state index < -0.39 is 23.3 Å². The number of hydrogen-bond donors (Lipinski definition) is 1. The summed E-state index contributed by atoms with van der Waals surface area (Å²) in [6.07, 6.45) is 1.27. The maximum absolute atomic E-state index is 12.9. The molecule has 0 radical (unpaired) electrons. The summed E-state index contributed by atoms with van der Waals surface area (Å²) >= 11 is -1.36. The average molecular weight is 381 g/mol. The molecule has 6 heteroatoms. The first kappa shape index (κ1) is 17.9. The first-order valence-corrected chi connectivity index (χ1v) is 9.89. The molecule has 0 aliphatic carbocycles. The fourth-order valence-electron chi connectivity index (χ4n) is 3.34. The first-order valence-electron chi connectivity index (χ1n) is 8.74. The molecule has 1 aliphatic rings. The third-order valence-electron chi connectivity index (χ3n) is 4.66. The predicted octanol–water partition coefficient (Wildman–Crippen LogP) is 2.75. The number of nitrogens with zero attached hydrogens (tertiary/aromatic N) is 1. The van der Waals surface area contributed by atoms with Crippen molar-refractivity contribution in [3.05, 3.63) is 88.8 Å². The number of benzene rings is 2. The van der Waals surface area contributed by atoms with Crippen LogP contribution in [0.4, 0.5) is 0 Å². The van der Waals surface area contributed by atoms with E-state index in [0.717, 1.165) is 0 Å². The van der Waals surface area contributed by atoms with Crippen LogP contribution < -0.4 is 10.3 Å². The fraction of sp³-hybridized carbons (Fsp3) is 0.190. The van der Waals surface area contributed by atoms with E-state index in [1.807, 2.05) is 30.3 Å². The Morgan fingerprint density at radius 3 is 2.59 bits per heavy atom. The molecule has 0 saturated heterocycles. The minimum atomic E-state index is -1.36. The van der Waals surface area contributed by atoms with Gasteiger partial charge < -0.3 is 19.0 Å². The van der Waals surface area contributed by atoms with Crippen molar-refractivity contribution in [2.24, 2.45) is 0 Å². The molecular formula is C21H19NO4S. The molecule has 2 heterocycles. The Kier molecular flexibility index (Phi) is 5.03. The molecule has 3 atom stereocenters. The molecule has 4 rings (SSSR count). The third-order valence-corrected chi connectivity index (χ3v) is 6.04. The standard InChI is InChI=1S/C21H19NO4S/c23-18-11-13-26-19-10-9-16(27(25)15-6-2-1-3-7-15)14-17(19)21(18)22-12-5-4-8-20(22)24/h1-10,12,14,18,21,23H,11,13H2/t18-,21-,27?/m0/s1. The van der Waals surface area contributed by atoms with E-state index in [1.165, 1.54) is 10.6 Å². The van der Waals surface area contributed by atoms with Gasteiger partial charge in [0.15, 0.2) is 9.79 Å². The summed E-state index contributed by atoms with van der Waals surface area (Å²) < 4.78 is 20.2. The summed E-state index contributed by atoms with van der Waals surface area (Å²) in [7, 11) is 0. The van der Waals surface area contributed by atoms with Gasteiger partial charge >= 0.3 is 0 Å². The van der Waals surface area contributed by atoms with Gasteiger partial charge in [0.2, 0.25) is 0 Å². The molecule has 1 N–H and O–H groups in total. The number of rotatable bonds is 3. The largest absolute Gasteiger partial charge is 0.606 e. The molecule has 0 saturated carbocycles. The SMILES string of the molecule is O=c1ccccn1[C@H]1c2cc([S+]([O-])c3ccccc3)ccc2OCC[C@@H]1O. The second kappa shape index (κ2) is 7.60. The fourth-order valence-corrected chi connectivity index (χ4v) is 4.45. The summed E-state index contributed by atoms with van der Waals surface area (Å²) in [6.45, 7) is 0.355. The predicted molar refractivity (Wildman–Crippen MR) is 103 cm³/mol. The van der Waals surface area contributed by atoms with Crippen molar-refractivity contribution < 1.29 is 14.4 Å². The minimum Gasteiger partial charge on any atom is -0.606 e. The Morgan fingerprint density at radius 1 is 1.04 bits per heavy atom. The molecule has 1 aliphatic heterocycles. The van der Waals surface area contributed by atoms with Gasteiger partial charge in [0, 0.05) is 41.5 Å². The highest BCUT2D eigenvalue weighted by Crippen LogP contribution is 2.36. The lowest BCUT2D eigenvalue weighted by molar-refractivity contribution is 0.112. The van der Waals surface area contributed by atoms with E-state index in [-0.39, 0.29) is 5.56 Å². The Bertz CT molecular complexity index is 989. The topological polar surface area (TPSA) is 74.5 Å². The lowest BCUT2D eigenvalue weighted by Gasteiger charge is -2.24. The lowest BCUT2D eigenvalue weighted by atomic mass is 9.99. The number of aliphatic hydroxyl groups excluding tert-OH is 1. The third kappa shape index (κ3) is 3.51. The smallest absolute Gasteiger partial charge is 0.251 e. The zero-order valence-corrected chi connectivity index (χ0v) is 15.3. The quantitative estimate of drug-likeness (QED) is 0.708. The number of ether oxygens (including phenoxy) is 1. The summed E-state index contributed by atoms with van der Waals surface area (Å²) in [6, 6.07) is 18.8. The Hall–Kier alpha value is -2.54. The summed E-state index contributed by atoms with van der Waals surface area (Å²) in [4.78, 5) is 13.7. The van der Waals surface area contributed by atoms with E-state index >= 15 is 0 Å². The second-order valence-corrected chi connectivity index (χ2v) is 7.86. The molecule has 0 spiro atoms. The van der Waals surface area contributed by atoms with E-state index in [4.69, 9.17) is 4.74 Å². The van der Waals surface area contributed by atoms with Crippen LogP contribution in [0, 0.1) is 0 Å². The zero-order chi connectivity index (χ0) is 18.8. The van der Waals surface area contributed by atoms with Crippen LogP contribution in [0.25, 0.3) is 0 Å². The maximum atomic E-state index is 12.9. The monoisotopic (exact) mass is 381 g/mol. The Morgan fingerprint density at radius 2 is 1.81 bits per heavy atom. The highest BCUT2D eigenvalue weighted by atomic mass is 32.2. The average Bonchev–Trinajstić information content (AvgIpc) is 2.86. The number of aliphatic hydroxyl groups is 1. The minimum absolute atomic E-state index is 0.205. The van der Waals surface area contributed by atoms with Gasteiger partial charge in [-0.2, -0.15) is 0 Å². The van der Waals surface area contributed by atoms with Crippen LogP contribution in [0.2, 0.25) is 0 Å². The van der Waals surface area contributed by atoms with Crippen molar-refractivity contribution >= 4 is 11.2 Å². The molecule has 1 aromatic heterocycles. The van der Waals surface area contributed by atoms with Gasteiger partial charge in [-0.3, -0.25) is 4.79 Å². The summed E-state index contributed by atoms with van der Waals surface area (Å²) in [5.41, 5.74) is 0.457. The molecular weight excluding hydrogens is 362 g/mol. The van der Waals surface area contributed by atoms with Gasteiger partial charge in [0.1, 0.15) is 5.75 Å². The molecule has 138 valence electrons. The van der Waals surface area contributed by atoms with Crippen molar-refractivity contribution in [3.63, 3.8) is 0 Å². The van der Waals surface area contributed by atoms with E-state index in [9.17, 15) is 14.5 Å². The van der Waals surface area contributed by atoms with Gasteiger partial charge in [-0.1, -0.05) is 24.3 Å². The van der Waals surface area contributed by atoms with Gasteiger partial charge in [0.25, 0.3) is 5.56 Å². The maximum Gasteiger partial charge on any atom is 0.251 e. The number of hydrogen-bond acceptors (Lipinski definition) is 4. The molecule has 3 aromatic rings. The van der Waals surface area contributed by atoms with Crippen molar-refractivity contribution in [2.45, 2.75) is 28.4 Å². The molecule has 0 bridgehead atoms. The normalized spacial score (nSPS) is 20.2. The molecule has 2 aromatic carbocycles. The van der Waals surface area contributed by atoms with Crippen molar-refractivity contribution in [1.82, 2.24) is 4.57 Å². The Balaban J connectivity index is 1.83. The van der Waals surface area contributed by atoms with Crippen LogP contribution in [0.1, 0.15) is 18.0 Å². The van der Waals surface area contributed by atoms with Crippen molar-refractivity contribution in [3.8, 4) is 5.75 Å². The number of aromatic nitrogens is 1. The van der Waals surface area contributed by atoms with Gasteiger partial charge in [0.05, 0.1) is 18.8 Å². The van der Waals surface area contributed by atoms with Gasteiger partial charge in [-0.25, -0.2) is 0 Å². The van der Waals surface area contributed by atoms with Crippen LogP contribution in [-0.2, 0) is 11.2 Å². The second-order valence-electron chi connectivity index (χ2n) is 6.38. The molecule has 0 fully saturated rings. The van der Waals surface area contributed by atoms with Crippen LogP contribution >= 0.6 is 0 Å². The zero-order valence-electron chi connectivity index (χ0n) is 14.5. The highest BCUT2D eigenvalue weighted by Gasteiger charge is 2.31. The number of fused-ring (bicyclic) bond motifs is 1. The van der Waals surface area contributed by atoms with E-state index in [0.29, 0.717) is 34.1 Å². The van der Waals surface area contributed by atoms with Gasteiger partial charge in [-0.05, 0) is 30.3 Å².